The molecule has 0 spiro atoms. The molecule has 1 aliphatic rings. The zero-order valence-corrected chi connectivity index (χ0v) is 12.5. The summed E-state index contributed by atoms with van der Waals surface area (Å²) in [5, 5.41) is 0. The third-order valence-electron chi connectivity index (χ3n) is 3.98. The van der Waals surface area contributed by atoms with Crippen molar-refractivity contribution in [2.75, 3.05) is 0 Å². The SMILES string of the molecule is C=CC(=O)N(Cc1ccccc1C(C)C)C1CC(F)(F)C1. The monoisotopic (exact) mass is 293 g/mol. The van der Waals surface area contributed by atoms with Gasteiger partial charge in [-0.05, 0) is 23.1 Å². The van der Waals surface area contributed by atoms with E-state index >= 15 is 0 Å². The van der Waals surface area contributed by atoms with Gasteiger partial charge >= 0.3 is 0 Å². The van der Waals surface area contributed by atoms with Crippen LogP contribution in [0.4, 0.5) is 8.78 Å². The topological polar surface area (TPSA) is 20.3 Å². The Morgan fingerprint density at radius 3 is 2.57 bits per heavy atom. The Labute approximate surface area is 124 Å². The average molecular weight is 293 g/mol. The molecule has 21 heavy (non-hydrogen) atoms. The molecule has 1 amide bonds. The summed E-state index contributed by atoms with van der Waals surface area (Å²) in [5.41, 5.74) is 2.16. The van der Waals surface area contributed by atoms with Crippen LogP contribution in [0.2, 0.25) is 0 Å². The Morgan fingerprint density at radius 1 is 1.43 bits per heavy atom. The summed E-state index contributed by atoms with van der Waals surface area (Å²) in [7, 11) is 0. The fraction of sp³-hybridized carbons (Fsp3) is 0.471. The zero-order chi connectivity index (χ0) is 15.6. The van der Waals surface area contributed by atoms with Crippen LogP contribution < -0.4 is 0 Å². The molecule has 1 aliphatic carbocycles. The second-order valence-electron chi connectivity index (χ2n) is 5.94. The van der Waals surface area contributed by atoms with Crippen molar-refractivity contribution in [1.82, 2.24) is 4.90 Å². The summed E-state index contributed by atoms with van der Waals surface area (Å²) in [6, 6.07) is 7.44. The van der Waals surface area contributed by atoms with Gasteiger partial charge < -0.3 is 4.90 Å². The first kappa shape index (κ1) is 15.7. The van der Waals surface area contributed by atoms with Crippen molar-refractivity contribution >= 4 is 5.91 Å². The van der Waals surface area contributed by atoms with Crippen molar-refractivity contribution in [3.63, 3.8) is 0 Å². The molecule has 0 aromatic heterocycles. The Hall–Kier alpha value is -1.71. The molecule has 0 bridgehead atoms. The van der Waals surface area contributed by atoms with Gasteiger partial charge in [-0.15, -0.1) is 0 Å². The molecule has 1 fully saturated rings. The maximum Gasteiger partial charge on any atom is 0.252 e. The first-order valence-electron chi connectivity index (χ1n) is 7.22. The quantitative estimate of drug-likeness (QED) is 0.748. The summed E-state index contributed by atoms with van der Waals surface area (Å²) in [6.07, 6.45) is 0.696. The van der Waals surface area contributed by atoms with E-state index < -0.39 is 12.0 Å². The van der Waals surface area contributed by atoms with Gasteiger partial charge in [0.25, 0.3) is 5.92 Å². The fourth-order valence-electron chi connectivity index (χ4n) is 2.78. The molecule has 0 radical (unpaired) electrons. The lowest BCUT2D eigenvalue weighted by Crippen LogP contribution is -2.52. The van der Waals surface area contributed by atoms with Crippen molar-refractivity contribution in [1.29, 1.82) is 0 Å². The minimum atomic E-state index is -2.64. The number of hydrogen-bond donors (Lipinski definition) is 0. The third-order valence-corrected chi connectivity index (χ3v) is 3.98. The number of carbonyl (C=O) groups is 1. The van der Waals surface area contributed by atoms with E-state index in [1.807, 2.05) is 24.3 Å². The van der Waals surface area contributed by atoms with Crippen LogP contribution in [-0.4, -0.2) is 22.8 Å². The molecule has 0 N–H and O–H groups in total. The van der Waals surface area contributed by atoms with E-state index in [4.69, 9.17) is 0 Å². The Balaban J connectivity index is 2.20. The average Bonchev–Trinajstić information content (AvgIpc) is 2.41. The summed E-state index contributed by atoms with van der Waals surface area (Å²) in [4.78, 5) is 13.5. The minimum Gasteiger partial charge on any atom is -0.331 e. The van der Waals surface area contributed by atoms with Gasteiger partial charge in [0, 0.05) is 25.4 Å². The molecular weight excluding hydrogens is 272 g/mol. The predicted octanol–water partition coefficient (Wildman–Crippen LogP) is 4.12. The largest absolute Gasteiger partial charge is 0.331 e. The molecule has 0 heterocycles. The molecule has 0 saturated heterocycles. The van der Waals surface area contributed by atoms with E-state index in [1.165, 1.54) is 11.0 Å². The first-order valence-corrected chi connectivity index (χ1v) is 7.22. The van der Waals surface area contributed by atoms with Crippen LogP contribution in [-0.2, 0) is 11.3 Å². The normalized spacial score (nSPS) is 17.4. The zero-order valence-electron chi connectivity index (χ0n) is 12.5. The van der Waals surface area contributed by atoms with Crippen LogP contribution in [0.5, 0.6) is 0 Å². The molecule has 2 rings (SSSR count). The molecule has 1 saturated carbocycles. The molecule has 4 heteroatoms. The summed E-state index contributed by atoms with van der Waals surface area (Å²) in [6.45, 7) is 8.00. The first-order chi connectivity index (χ1) is 9.84. The van der Waals surface area contributed by atoms with Crippen LogP contribution in [0, 0.1) is 0 Å². The van der Waals surface area contributed by atoms with E-state index in [1.54, 1.807) is 0 Å². The smallest absolute Gasteiger partial charge is 0.252 e. The Bertz CT molecular complexity index is 531. The maximum absolute atomic E-state index is 13.1. The highest BCUT2D eigenvalue weighted by Crippen LogP contribution is 2.41. The van der Waals surface area contributed by atoms with E-state index in [0.717, 1.165) is 11.1 Å². The van der Waals surface area contributed by atoms with Gasteiger partial charge in [0.2, 0.25) is 5.91 Å². The standard InChI is InChI=1S/C17H21F2NO/c1-4-16(21)20(14-9-17(18,19)10-14)11-13-7-5-6-8-15(13)12(2)3/h4-8,12,14H,1,9-11H2,2-3H3. The number of hydrogen-bond acceptors (Lipinski definition) is 1. The predicted molar refractivity (Wildman–Crippen MR) is 79.2 cm³/mol. The lowest BCUT2D eigenvalue weighted by Gasteiger charge is -2.42. The second kappa shape index (κ2) is 5.96. The molecule has 0 atom stereocenters. The molecular formula is C17H21F2NO. The molecule has 1 aromatic rings. The molecule has 0 aliphatic heterocycles. The number of carbonyl (C=O) groups excluding carboxylic acids is 1. The van der Waals surface area contributed by atoms with Gasteiger partial charge in [-0.1, -0.05) is 44.7 Å². The van der Waals surface area contributed by atoms with Gasteiger partial charge in [0.15, 0.2) is 0 Å². The van der Waals surface area contributed by atoms with Crippen LogP contribution in [0.1, 0.15) is 43.7 Å². The van der Waals surface area contributed by atoms with Gasteiger partial charge in [-0.25, -0.2) is 8.78 Å². The van der Waals surface area contributed by atoms with Crippen LogP contribution in [0.25, 0.3) is 0 Å². The lowest BCUT2D eigenvalue weighted by atomic mass is 9.86. The molecule has 2 nitrogen and oxygen atoms in total. The molecule has 1 aromatic carbocycles. The molecule has 114 valence electrons. The Kier molecular flexibility index (Phi) is 4.45. The van der Waals surface area contributed by atoms with Crippen molar-refractivity contribution in [2.24, 2.45) is 0 Å². The van der Waals surface area contributed by atoms with Gasteiger partial charge in [-0.3, -0.25) is 4.79 Å². The highest BCUT2D eigenvalue weighted by Gasteiger charge is 2.48. The summed E-state index contributed by atoms with van der Waals surface area (Å²) >= 11 is 0. The maximum atomic E-state index is 13.1. The van der Waals surface area contributed by atoms with Crippen molar-refractivity contribution in [3.8, 4) is 0 Å². The number of amides is 1. The van der Waals surface area contributed by atoms with Crippen LogP contribution >= 0.6 is 0 Å². The van der Waals surface area contributed by atoms with E-state index in [0.29, 0.717) is 12.5 Å². The lowest BCUT2D eigenvalue weighted by molar-refractivity contribution is -0.150. The Morgan fingerprint density at radius 2 is 2.05 bits per heavy atom. The highest BCUT2D eigenvalue weighted by molar-refractivity contribution is 5.87. The van der Waals surface area contributed by atoms with E-state index in [-0.39, 0.29) is 18.7 Å². The van der Waals surface area contributed by atoms with Gasteiger partial charge in [0.1, 0.15) is 0 Å². The van der Waals surface area contributed by atoms with Crippen molar-refractivity contribution in [3.05, 3.63) is 48.0 Å². The third kappa shape index (κ3) is 3.49. The fourth-order valence-corrected chi connectivity index (χ4v) is 2.78. The number of rotatable bonds is 5. The second-order valence-corrected chi connectivity index (χ2v) is 5.94. The summed E-state index contributed by atoms with van der Waals surface area (Å²) < 4.78 is 26.2. The summed E-state index contributed by atoms with van der Waals surface area (Å²) in [5.74, 6) is -2.60. The molecule has 0 unspecified atom stereocenters. The van der Waals surface area contributed by atoms with Gasteiger partial charge in [-0.2, -0.15) is 0 Å². The number of benzene rings is 1. The van der Waals surface area contributed by atoms with Crippen LogP contribution in [0.15, 0.2) is 36.9 Å². The van der Waals surface area contributed by atoms with E-state index in [9.17, 15) is 13.6 Å². The van der Waals surface area contributed by atoms with Gasteiger partial charge in [0.05, 0.1) is 0 Å². The van der Waals surface area contributed by atoms with Crippen LogP contribution in [0.3, 0.4) is 0 Å². The van der Waals surface area contributed by atoms with Crippen molar-refractivity contribution in [2.45, 2.75) is 51.1 Å². The number of halogens is 2. The van der Waals surface area contributed by atoms with E-state index in [2.05, 4.69) is 20.4 Å². The highest BCUT2D eigenvalue weighted by atomic mass is 19.3. The number of nitrogens with zero attached hydrogens (tertiary/aromatic N) is 1. The van der Waals surface area contributed by atoms with Crippen molar-refractivity contribution < 1.29 is 13.6 Å². The number of alkyl halides is 2. The minimum absolute atomic E-state index is 0.254.